The third-order valence-electron chi connectivity index (χ3n) is 3.96. The van der Waals surface area contributed by atoms with Gasteiger partial charge >= 0.3 is 0 Å². The fourth-order valence-electron chi connectivity index (χ4n) is 2.52. The number of hydrogen-bond acceptors (Lipinski definition) is 4. The molecule has 1 unspecified atom stereocenters. The van der Waals surface area contributed by atoms with Crippen LogP contribution in [-0.2, 0) is 4.74 Å². The molecule has 0 aromatic heterocycles. The molecule has 140 valence electrons. The molecule has 27 heavy (non-hydrogen) atoms. The van der Waals surface area contributed by atoms with Gasteiger partial charge in [-0.1, -0.05) is 18.2 Å². The predicted octanol–water partition coefficient (Wildman–Crippen LogP) is 2.51. The number of rotatable bonds is 9. The smallest absolute Gasteiger partial charge is 0.251 e. The summed E-state index contributed by atoms with van der Waals surface area (Å²) in [6.45, 7) is 3.20. The molecule has 0 aliphatic heterocycles. The van der Waals surface area contributed by atoms with Crippen LogP contribution in [0.2, 0.25) is 0 Å². The summed E-state index contributed by atoms with van der Waals surface area (Å²) in [5.41, 5.74) is 1.61. The molecule has 2 rings (SSSR count). The lowest BCUT2D eigenvalue weighted by Gasteiger charge is -2.18. The van der Waals surface area contributed by atoms with Crippen molar-refractivity contribution in [3.8, 4) is 6.07 Å². The van der Waals surface area contributed by atoms with Crippen molar-refractivity contribution in [2.75, 3.05) is 19.7 Å². The Hall–Kier alpha value is -3.17. The predicted molar refractivity (Wildman–Crippen MR) is 102 cm³/mol. The Morgan fingerprint density at radius 3 is 2.26 bits per heavy atom. The lowest BCUT2D eigenvalue weighted by molar-refractivity contribution is 0.0534. The largest absolute Gasteiger partial charge is 0.377 e. The van der Waals surface area contributed by atoms with E-state index in [2.05, 4.69) is 10.6 Å². The second-order valence-corrected chi connectivity index (χ2v) is 5.89. The number of ether oxygens (including phenoxy) is 1. The van der Waals surface area contributed by atoms with E-state index in [-0.39, 0.29) is 17.9 Å². The minimum atomic E-state index is -0.225. The Kier molecular flexibility index (Phi) is 8.01. The van der Waals surface area contributed by atoms with Gasteiger partial charge in [0.15, 0.2) is 0 Å². The average Bonchev–Trinajstić information content (AvgIpc) is 2.72. The molecule has 0 bridgehead atoms. The minimum Gasteiger partial charge on any atom is -0.377 e. The van der Waals surface area contributed by atoms with E-state index in [1.54, 1.807) is 36.4 Å². The summed E-state index contributed by atoms with van der Waals surface area (Å²) >= 11 is 0. The highest BCUT2D eigenvalue weighted by molar-refractivity contribution is 5.94. The molecule has 0 radical (unpaired) electrons. The molecule has 2 aromatic carbocycles. The van der Waals surface area contributed by atoms with Gasteiger partial charge in [0.1, 0.15) is 0 Å². The molecular formula is C21H23N3O3. The molecular weight excluding hydrogens is 342 g/mol. The van der Waals surface area contributed by atoms with E-state index >= 15 is 0 Å². The summed E-state index contributed by atoms with van der Waals surface area (Å²) in [6.07, 6.45) is 0.383. The molecule has 0 fully saturated rings. The second kappa shape index (κ2) is 10.7. The third-order valence-corrected chi connectivity index (χ3v) is 3.96. The van der Waals surface area contributed by atoms with E-state index in [1.807, 2.05) is 31.2 Å². The molecule has 1 atom stereocenters. The van der Waals surface area contributed by atoms with Gasteiger partial charge in [-0.2, -0.15) is 5.26 Å². The maximum absolute atomic E-state index is 12.2. The van der Waals surface area contributed by atoms with E-state index in [4.69, 9.17) is 10.00 Å². The summed E-state index contributed by atoms with van der Waals surface area (Å²) in [6, 6.07) is 17.5. The first-order valence-electron chi connectivity index (χ1n) is 8.87. The van der Waals surface area contributed by atoms with Crippen LogP contribution in [0.3, 0.4) is 0 Å². The Morgan fingerprint density at radius 2 is 1.63 bits per heavy atom. The molecule has 0 aliphatic rings. The van der Waals surface area contributed by atoms with Crippen LogP contribution in [-0.4, -0.2) is 37.6 Å². The monoisotopic (exact) mass is 365 g/mol. The molecule has 6 heteroatoms. The fraction of sp³-hybridized carbons (Fsp3) is 0.286. The van der Waals surface area contributed by atoms with Crippen LogP contribution >= 0.6 is 0 Å². The number of amides is 2. The fourth-order valence-corrected chi connectivity index (χ4v) is 2.52. The van der Waals surface area contributed by atoms with Crippen LogP contribution < -0.4 is 10.6 Å². The quantitative estimate of drug-likeness (QED) is 0.714. The Labute approximate surface area is 159 Å². The normalized spacial score (nSPS) is 11.3. The van der Waals surface area contributed by atoms with Gasteiger partial charge in [-0.15, -0.1) is 0 Å². The molecule has 2 aromatic rings. The first-order chi connectivity index (χ1) is 13.1. The van der Waals surface area contributed by atoms with Crippen LogP contribution in [0.4, 0.5) is 0 Å². The zero-order valence-corrected chi connectivity index (χ0v) is 15.3. The van der Waals surface area contributed by atoms with Gasteiger partial charge in [-0.3, -0.25) is 9.59 Å². The third kappa shape index (κ3) is 6.57. The van der Waals surface area contributed by atoms with Crippen LogP contribution in [0, 0.1) is 11.3 Å². The number of nitrogens with zero attached hydrogens (tertiary/aromatic N) is 1. The van der Waals surface area contributed by atoms with Crippen molar-refractivity contribution < 1.29 is 14.3 Å². The van der Waals surface area contributed by atoms with Gasteiger partial charge in [0.05, 0.1) is 17.7 Å². The van der Waals surface area contributed by atoms with Crippen molar-refractivity contribution in [2.45, 2.75) is 19.4 Å². The first-order valence-corrected chi connectivity index (χ1v) is 8.87. The van der Waals surface area contributed by atoms with Crippen LogP contribution in [0.1, 0.15) is 39.6 Å². The van der Waals surface area contributed by atoms with E-state index < -0.39 is 0 Å². The lowest BCUT2D eigenvalue weighted by atomic mass is 10.1. The van der Waals surface area contributed by atoms with Gasteiger partial charge in [0, 0.05) is 30.8 Å². The zero-order valence-electron chi connectivity index (χ0n) is 15.3. The van der Waals surface area contributed by atoms with Crippen molar-refractivity contribution in [2.24, 2.45) is 0 Å². The molecule has 2 N–H and O–H groups in total. The zero-order chi connectivity index (χ0) is 19.5. The van der Waals surface area contributed by atoms with E-state index in [9.17, 15) is 9.59 Å². The molecule has 0 heterocycles. The highest BCUT2D eigenvalue weighted by Crippen LogP contribution is 2.04. The maximum atomic E-state index is 12.2. The molecule has 6 nitrogen and oxygen atoms in total. The van der Waals surface area contributed by atoms with Gasteiger partial charge in [-0.05, 0) is 49.7 Å². The highest BCUT2D eigenvalue weighted by atomic mass is 16.5. The second-order valence-electron chi connectivity index (χ2n) is 5.89. The molecule has 0 spiro atoms. The summed E-state index contributed by atoms with van der Waals surface area (Å²) in [4.78, 5) is 24.2. The number of carbonyl (C=O) groups excluding carboxylic acids is 2. The van der Waals surface area contributed by atoms with Gasteiger partial charge in [0.25, 0.3) is 11.8 Å². The standard InChI is InChI=1S/C21H23N3O3/c1-2-27-19(12-13-23-20(25)17-6-4-3-5-7-17)15-24-21(26)18-10-8-16(14-22)9-11-18/h3-11,19H,2,12-13,15H2,1H3,(H,23,25)(H,24,26). The Morgan fingerprint density at radius 1 is 1.00 bits per heavy atom. The summed E-state index contributed by atoms with van der Waals surface area (Å²) < 4.78 is 5.64. The summed E-state index contributed by atoms with van der Waals surface area (Å²) in [7, 11) is 0. The Balaban J connectivity index is 1.79. The van der Waals surface area contributed by atoms with E-state index in [1.165, 1.54) is 0 Å². The van der Waals surface area contributed by atoms with Crippen LogP contribution in [0.5, 0.6) is 0 Å². The van der Waals surface area contributed by atoms with Crippen molar-refractivity contribution >= 4 is 11.8 Å². The van der Waals surface area contributed by atoms with Crippen LogP contribution in [0.25, 0.3) is 0 Å². The van der Waals surface area contributed by atoms with Gasteiger partial charge < -0.3 is 15.4 Å². The first kappa shape index (κ1) is 20.1. The van der Waals surface area contributed by atoms with Crippen LogP contribution in [0.15, 0.2) is 54.6 Å². The molecule has 0 saturated heterocycles. The molecule has 0 saturated carbocycles. The number of nitriles is 1. The maximum Gasteiger partial charge on any atom is 0.251 e. The van der Waals surface area contributed by atoms with Crippen molar-refractivity contribution in [1.82, 2.24) is 10.6 Å². The number of carbonyl (C=O) groups is 2. The van der Waals surface area contributed by atoms with E-state index in [0.29, 0.717) is 42.8 Å². The average molecular weight is 365 g/mol. The van der Waals surface area contributed by atoms with Gasteiger partial charge in [-0.25, -0.2) is 0 Å². The summed E-state index contributed by atoms with van der Waals surface area (Å²) in [5, 5.41) is 14.5. The van der Waals surface area contributed by atoms with Crippen molar-refractivity contribution in [3.05, 3.63) is 71.3 Å². The topological polar surface area (TPSA) is 91.2 Å². The minimum absolute atomic E-state index is 0.132. The van der Waals surface area contributed by atoms with Crippen molar-refractivity contribution in [3.63, 3.8) is 0 Å². The van der Waals surface area contributed by atoms with Gasteiger partial charge in [0.2, 0.25) is 0 Å². The number of nitrogens with one attached hydrogen (secondary N) is 2. The lowest BCUT2D eigenvalue weighted by Crippen LogP contribution is -2.36. The summed E-state index contributed by atoms with van der Waals surface area (Å²) in [5.74, 6) is -0.356. The number of hydrogen-bond donors (Lipinski definition) is 2. The number of benzene rings is 2. The SMILES string of the molecule is CCOC(CCNC(=O)c1ccccc1)CNC(=O)c1ccc(C#N)cc1. The Bertz CT molecular complexity index is 783. The highest BCUT2D eigenvalue weighted by Gasteiger charge is 2.13. The van der Waals surface area contributed by atoms with E-state index in [0.717, 1.165) is 0 Å². The molecule has 0 aliphatic carbocycles. The van der Waals surface area contributed by atoms with Crippen molar-refractivity contribution in [1.29, 1.82) is 5.26 Å². The molecule has 2 amide bonds.